The number of amides is 3. The number of nitrogens with two attached hydrogens (primary N) is 2. The minimum absolute atomic E-state index is 0.245. The number of aliphatic carboxylic acids is 1. The molecule has 34 heavy (non-hydrogen) atoms. The molecule has 0 rings (SSSR count). The van der Waals surface area contributed by atoms with Gasteiger partial charge < -0.3 is 32.5 Å². The lowest BCUT2D eigenvalue weighted by atomic mass is 9.95. The number of carbonyl (C=O) groups excluding carboxylic acids is 3. The van der Waals surface area contributed by atoms with E-state index in [1.807, 2.05) is 27.0 Å². The van der Waals surface area contributed by atoms with Crippen LogP contribution in [0.2, 0.25) is 0 Å². The maximum atomic E-state index is 13.1. The molecule has 8 N–H and O–H groups in total. The molecule has 6 unspecified atom stereocenters. The van der Waals surface area contributed by atoms with E-state index in [4.69, 9.17) is 11.5 Å². The van der Waals surface area contributed by atoms with Crippen molar-refractivity contribution < 1.29 is 24.3 Å². The number of carboxylic acids is 1. The topological polar surface area (TPSA) is 177 Å². The molecule has 0 aliphatic heterocycles. The molecular weight excluding hydrogens is 458 g/mol. The van der Waals surface area contributed by atoms with Gasteiger partial charge in [-0.05, 0) is 49.7 Å². The van der Waals surface area contributed by atoms with E-state index in [-0.39, 0.29) is 11.8 Å². The van der Waals surface area contributed by atoms with Gasteiger partial charge in [0.05, 0.1) is 6.04 Å². The molecule has 0 aliphatic carbocycles. The summed E-state index contributed by atoms with van der Waals surface area (Å²) in [6.45, 7) is 7.81. The van der Waals surface area contributed by atoms with Crippen LogP contribution in [0.3, 0.4) is 0 Å². The second-order valence-corrected chi connectivity index (χ2v) is 9.80. The lowest BCUT2D eigenvalue weighted by molar-refractivity contribution is -0.144. The van der Waals surface area contributed by atoms with Crippen LogP contribution < -0.4 is 27.4 Å². The largest absolute Gasteiger partial charge is 0.480 e. The summed E-state index contributed by atoms with van der Waals surface area (Å²) in [4.78, 5) is 50.4. The highest BCUT2D eigenvalue weighted by molar-refractivity contribution is 7.98. The predicted molar refractivity (Wildman–Crippen MR) is 136 cm³/mol. The van der Waals surface area contributed by atoms with Crippen LogP contribution in [0.25, 0.3) is 0 Å². The van der Waals surface area contributed by atoms with Gasteiger partial charge in [0, 0.05) is 0 Å². The molecule has 6 atom stereocenters. The van der Waals surface area contributed by atoms with Crippen LogP contribution in [-0.2, 0) is 19.2 Å². The highest BCUT2D eigenvalue weighted by Crippen LogP contribution is 2.13. The summed E-state index contributed by atoms with van der Waals surface area (Å²) in [5, 5.41) is 17.6. The van der Waals surface area contributed by atoms with Crippen LogP contribution in [0.15, 0.2) is 0 Å². The first-order valence-electron chi connectivity index (χ1n) is 12.1. The molecule has 198 valence electrons. The van der Waals surface area contributed by atoms with Crippen LogP contribution in [0.5, 0.6) is 0 Å². The Kier molecular flexibility index (Phi) is 16.6. The Morgan fingerprint density at radius 1 is 0.853 bits per heavy atom. The van der Waals surface area contributed by atoms with Crippen molar-refractivity contribution in [3.05, 3.63) is 0 Å². The number of carboxylic acid groups (broad SMARTS) is 1. The van der Waals surface area contributed by atoms with Gasteiger partial charge in [-0.3, -0.25) is 14.4 Å². The summed E-state index contributed by atoms with van der Waals surface area (Å²) < 4.78 is 0. The Morgan fingerprint density at radius 3 is 1.91 bits per heavy atom. The predicted octanol–water partition coefficient (Wildman–Crippen LogP) is 0.827. The van der Waals surface area contributed by atoms with Crippen LogP contribution in [0.4, 0.5) is 0 Å². The maximum absolute atomic E-state index is 13.1. The number of unbranched alkanes of at least 4 members (excludes halogenated alkanes) is 1. The summed E-state index contributed by atoms with van der Waals surface area (Å²) in [6.07, 6.45) is 5.36. The fourth-order valence-electron chi connectivity index (χ4n) is 3.30. The van der Waals surface area contributed by atoms with Crippen molar-refractivity contribution >= 4 is 35.5 Å². The smallest absolute Gasteiger partial charge is 0.326 e. The van der Waals surface area contributed by atoms with Gasteiger partial charge in [-0.1, -0.05) is 47.0 Å². The van der Waals surface area contributed by atoms with E-state index in [1.54, 1.807) is 6.92 Å². The fraction of sp³-hybridized carbons (Fsp3) is 0.826. The van der Waals surface area contributed by atoms with Gasteiger partial charge in [0.1, 0.15) is 18.1 Å². The van der Waals surface area contributed by atoms with E-state index >= 15 is 0 Å². The summed E-state index contributed by atoms with van der Waals surface area (Å²) in [5.74, 6) is -2.49. The monoisotopic (exact) mass is 503 g/mol. The standard InChI is InChI=1S/C23H45N5O5S/c1-6-14(3)18(22(31)28-19(23(32)33)15(4)7-2)27-21(30)17(11-13-34-5)26-20(29)16(25)10-8-9-12-24/h14-19H,6-13,24-25H2,1-5H3,(H,26,29)(H,27,30)(H,28,31)(H,32,33). The Balaban J connectivity index is 5.47. The molecule has 11 heteroatoms. The first-order valence-corrected chi connectivity index (χ1v) is 13.5. The van der Waals surface area contributed by atoms with Gasteiger partial charge in [0.15, 0.2) is 0 Å². The van der Waals surface area contributed by atoms with Gasteiger partial charge >= 0.3 is 5.97 Å². The van der Waals surface area contributed by atoms with Crippen molar-refractivity contribution in [2.24, 2.45) is 23.3 Å². The zero-order valence-electron chi connectivity index (χ0n) is 21.3. The molecule has 0 saturated carbocycles. The lowest BCUT2D eigenvalue weighted by Crippen LogP contribution is -2.59. The molecular formula is C23H45N5O5S. The fourth-order valence-corrected chi connectivity index (χ4v) is 3.78. The molecule has 0 aromatic heterocycles. The molecule has 0 aromatic carbocycles. The van der Waals surface area contributed by atoms with E-state index in [2.05, 4.69) is 16.0 Å². The third-order valence-electron chi connectivity index (χ3n) is 6.12. The first-order chi connectivity index (χ1) is 16.0. The number of hydrogen-bond donors (Lipinski definition) is 6. The van der Waals surface area contributed by atoms with Crippen molar-refractivity contribution in [3.63, 3.8) is 0 Å². The molecule has 10 nitrogen and oxygen atoms in total. The molecule has 0 spiro atoms. The third kappa shape index (κ3) is 11.5. The Morgan fingerprint density at radius 2 is 1.41 bits per heavy atom. The minimum Gasteiger partial charge on any atom is -0.480 e. The zero-order chi connectivity index (χ0) is 26.3. The Labute approximate surface area is 208 Å². The van der Waals surface area contributed by atoms with Crippen molar-refractivity contribution in [3.8, 4) is 0 Å². The van der Waals surface area contributed by atoms with Crippen LogP contribution in [0.1, 0.15) is 66.2 Å². The first kappa shape index (κ1) is 32.1. The number of rotatable bonds is 18. The van der Waals surface area contributed by atoms with Crippen LogP contribution >= 0.6 is 11.8 Å². The van der Waals surface area contributed by atoms with Gasteiger partial charge in [0.25, 0.3) is 0 Å². The minimum atomic E-state index is -1.12. The molecule has 3 amide bonds. The summed E-state index contributed by atoms with van der Waals surface area (Å²) in [6, 6.07) is -3.60. The number of thioether (sulfide) groups is 1. The van der Waals surface area contributed by atoms with Crippen molar-refractivity contribution in [2.45, 2.75) is 90.4 Å². The molecule has 0 aromatic rings. The number of carbonyl (C=O) groups is 4. The number of hydrogen-bond acceptors (Lipinski definition) is 7. The van der Waals surface area contributed by atoms with Gasteiger partial charge in [-0.2, -0.15) is 11.8 Å². The quantitative estimate of drug-likeness (QED) is 0.149. The second kappa shape index (κ2) is 17.6. The molecule has 0 aliphatic rings. The lowest BCUT2D eigenvalue weighted by Gasteiger charge is -2.29. The molecule has 0 radical (unpaired) electrons. The van der Waals surface area contributed by atoms with E-state index in [9.17, 15) is 24.3 Å². The van der Waals surface area contributed by atoms with Crippen LogP contribution in [-0.4, -0.2) is 71.5 Å². The highest BCUT2D eigenvalue weighted by atomic mass is 32.2. The Hall–Kier alpha value is -1.85. The summed E-state index contributed by atoms with van der Waals surface area (Å²) in [5.41, 5.74) is 11.5. The normalized spacial score (nSPS) is 16.4. The van der Waals surface area contributed by atoms with Gasteiger partial charge in [-0.25, -0.2) is 4.79 Å². The highest BCUT2D eigenvalue weighted by Gasteiger charge is 2.33. The third-order valence-corrected chi connectivity index (χ3v) is 6.76. The zero-order valence-corrected chi connectivity index (χ0v) is 22.1. The average molecular weight is 504 g/mol. The molecule has 0 saturated heterocycles. The van der Waals surface area contributed by atoms with Gasteiger partial charge in [-0.15, -0.1) is 0 Å². The number of nitrogens with one attached hydrogen (secondary N) is 3. The van der Waals surface area contributed by atoms with E-state index in [0.717, 1.165) is 6.42 Å². The maximum Gasteiger partial charge on any atom is 0.326 e. The van der Waals surface area contributed by atoms with Crippen LogP contribution in [0, 0.1) is 11.8 Å². The average Bonchev–Trinajstić information content (AvgIpc) is 2.81. The van der Waals surface area contributed by atoms with E-state index in [0.29, 0.717) is 44.4 Å². The molecule has 0 bridgehead atoms. The Bertz CT molecular complexity index is 651. The SMILES string of the molecule is CCC(C)C(NC(=O)C(NC(=O)C(CCSC)NC(=O)C(N)CCCCN)C(C)CC)C(=O)O. The molecule has 0 heterocycles. The van der Waals surface area contributed by atoms with Gasteiger partial charge in [0.2, 0.25) is 17.7 Å². The van der Waals surface area contributed by atoms with Crippen molar-refractivity contribution in [2.75, 3.05) is 18.6 Å². The van der Waals surface area contributed by atoms with E-state index in [1.165, 1.54) is 11.8 Å². The summed E-state index contributed by atoms with van der Waals surface area (Å²) in [7, 11) is 0. The van der Waals surface area contributed by atoms with E-state index < -0.39 is 47.9 Å². The second-order valence-electron chi connectivity index (χ2n) is 8.82. The summed E-state index contributed by atoms with van der Waals surface area (Å²) >= 11 is 1.53. The van der Waals surface area contributed by atoms with Crippen molar-refractivity contribution in [1.29, 1.82) is 0 Å². The van der Waals surface area contributed by atoms with Crippen molar-refractivity contribution in [1.82, 2.24) is 16.0 Å². The molecule has 0 fully saturated rings.